The fraction of sp³-hybridized carbons (Fsp3) is 0.0588. The monoisotopic (exact) mass is 364 g/mol. The highest BCUT2D eigenvalue weighted by atomic mass is 35.5. The van der Waals surface area contributed by atoms with Gasteiger partial charge in [0.15, 0.2) is 0 Å². The Hall–Kier alpha value is -2.80. The van der Waals surface area contributed by atoms with Crippen LogP contribution in [0.4, 0.5) is 36.3 Å². The van der Waals surface area contributed by atoms with Crippen molar-refractivity contribution in [3.63, 3.8) is 0 Å². The van der Waals surface area contributed by atoms with Crippen molar-refractivity contribution < 1.29 is 13.2 Å². The van der Waals surface area contributed by atoms with Gasteiger partial charge >= 0.3 is 6.18 Å². The largest absolute Gasteiger partial charge is 0.421 e. The summed E-state index contributed by atoms with van der Waals surface area (Å²) in [5.74, 6) is -0.313. The van der Waals surface area contributed by atoms with Gasteiger partial charge in [0.25, 0.3) is 0 Å². The average molecular weight is 365 g/mol. The molecular formula is C17H12ClF3N4. The summed E-state index contributed by atoms with van der Waals surface area (Å²) in [6.07, 6.45) is -3.85. The number of hydrogen-bond donors (Lipinski definition) is 2. The standard InChI is InChI=1S/C17H12ClF3N4/c18-11-5-4-8-13(9-11)23-15-14(17(19,20)21)10-22-16(25-15)24-12-6-2-1-3-7-12/h1-10H,(H2,22,23,24,25). The lowest BCUT2D eigenvalue weighted by Crippen LogP contribution is -2.12. The molecule has 0 aliphatic carbocycles. The van der Waals surface area contributed by atoms with Crippen LogP contribution in [0.5, 0.6) is 0 Å². The Morgan fingerprint density at radius 1 is 0.880 bits per heavy atom. The number of hydrogen-bond acceptors (Lipinski definition) is 4. The van der Waals surface area contributed by atoms with Crippen LogP contribution in [0.1, 0.15) is 5.56 Å². The Balaban J connectivity index is 1.96. The van der Waals surface area contributed by atoms with Gasteiger partial charge in [-0.25, -0.2) is 4.98 Å². The van der Waals surface area contributed by atoms with Gasteiger partial charge in [0, 0.05) is 22.6 Å². The van der Waals surface area contributed by atoms with Crippen molar-refractivity contribution in [2.24, 2.45) is 0 Å². The predicted octanol–water partition coefficient (Wildman–Crippen LogP) is 5.64. The third-order valence-corrected chi connectivity index (χ3v) is 3.45. The predicted molar refractivity (Wildman–Crippen MR) is 91.5 cm³/mol. The van der Waals surface area contributed by atoms with Crippen LogP contribution in [0.2, 0.25) is 5.02 Å². The van der Waals surface area contributed by atoms with Gasteiger partial charge in [0.1, 0.15) is 11.4 Å². The molecule has 0 saturated carbocycles. The second kappa shape index (κ2) is 6.98. The zero-order valence-corrected chi connectivity index (χ0v) is 13.4. The second-order valence-electron chi connectivity index (χ2n) is 5.08. The summed E-state index contributed by atoms with van der Waals surface area (Å²) < 4.78 is 39.7. The average Bonchev–Trinajstić information content (AvgIpc) is 2.55. The van der Waals surface area contributed by atoms with Crippen LogP contribution in [0.25, 0.3) is 0 Å². The molecule has 128 valence electrons. The maximum absolute atomic E-state index is 13.2. The quantitative estimate of drug-likeness (QED) is 0.629. The molecule has 0 radical (unpaired) electrons. The first kappa shape index (κ1) is 17.0. The third-order valence-electron chi connectivity index (χ3n) is 3.21. The fourth-order valence-corrected chi connectivity index (χ4v) is 2.29. The molecule has 4 nitrogen and oxygen atoms in total. The van der Waals surface area contributed by atoms with Crippen molar-refractivity contribution in [3.05, 3.63) is 71.4 Å². The zero-order chi connectivity index (χ0) is 17.9. The van der Waals surface area contributed by atoms with Gasteiger partial charge in [-0.3, -0.25) is 0 Å². The van der Waals surface area contributed by atoms with Crippen LogP contribution < -0.4 is 10.6 Å². The van der Waals surface area contributed by atoms with Crippen molar-refractivity contribution in [1.82, 2.24) is 9.97 Å². The molecule has 0 saturated heterocycles. The van der Waals surface area contributed by atoms with E-state index >= 15 is 0 Å². The third kappa shape index (κ3) is 4.39. The molecule has 0 atom stereocenters. The van der Waals surface area contributed by atoms with Crippen molar-refractivity contribution >= 4 is 34.7 Å². The minimum absolute atomic E-state index is 0.0451. The molecule has 1 aromatic heterocycles. The molecule has 0 bridgehead atoms. The minimum atomic E-state index is -4.59. The Morgan fingerprint density at radius 2 is 1.60 bits per heavy atom. The number of rotatable bonds is 4. The fourth-order valence-electron chi connectivity index (χ4n) is 2.10. The van der Waals surface area contributed by atoms with E-state index < -0.39 is 11.7 Å². The Kier molecular flexibility index (Phi) is 4.76. The van der Waals surface area contributed by atoms with Crippen LogP contribution in [0, 0.1) is 0 Å². The molecule has 0 unspecified atom stereocenters. The van der Waals surface area contributed by atoms with Crippen molar-refractivity contribution in [3.8, 4) is 0 Å². The van der Waals surface area contributed by atoms with E-state index in [0.29, 0.717) is 16.4 Å². The van der Waals surface area contributed by atoms with Gasteiger partial charge < -0.3 is 10.6 Å². The van der Waals surface area contributed by atoms with E-state index in [1.54, 1.807) is 42.5 Å². The number of alkyl halides is 3. The molecular weight excluding hydrogens is 353 g/mol. The zero-order valence-electron chi connectivity index (χ0n) is 12.7. The van der Waals surface area contributed by atoms with Gasteiger partial charge in [0.2, 0.25) is 5.95 Å². The van der Waals surface area contributed by atoms with E-state index in [1.165, 1.54) is 6.07 Å². The Bertz CT molecular complexity index is 869. The maximum atomic E-state index is 13.2. The Morgan fingerprint density at radius 3 is 2.28 bits per heavy atom. The first-order valence-corrected chi connectivity index (χ1v) is 7.58. The number of aromatic nitrogens is 2. The smallest absolute Gasteiger partial charge is 0.340 e. The normalized spacial score (nSPS) is 11.2. The maximum Gasteiger partial charge on any atom is 0.421 e. The topological polar surface area (TPSA) is 49.8 Å². The molecule has 2 aromatic carbocycles. The lowest BCUT2D eigenvalue weighted by molar-refractivity contribution is -0.137. The van der Waals surface area contributed by atoms with E-state index in [0.717, 1.165) is 6.20 Å². The number of halogens is 4. The summed E-state index contributed by atoms with van der Waals surface area (Å²) in [5.41, 5.74) is 0.0874. The van der Waals surface area contributed by atoms with Crippen molar-refractivity contribution in [2.45, 2.75) is 6.18 Å². The van der Waals surface area contributed by atoms with Crippen LogP contribution in [-0.2, 0) is 6.18 Å². The number of benzene rings is 2. The molecule has 0 spiro atoms. The lowest BCUT2D eigenvalue weighted by atomic mass is 10.2. The van der Waals surface area contributed by atoms with Gasteiger partial charge in [-0.15, -0.1) is 0 Å². The van der Waals surface area contributed by atoms with E-state index in [2.05, 4.69) is 20.6 Å². The molecule has 2 N–H and O–H groups in total. The summed E-state index contributed by atoms with van der Waals surface area (Å²) >= 11 is 5.87. The summed E-state index contributed by atoms with van der Waals surface area (Å²) in [4.78, 5) is 7.71. The van der Waals surface area contributed by atoms with Gasteiger partial charge in [-0.05, 0) is 30.3 Å². The number of anilines is 4. The first-order chi connectivity index (χ1) is 11.9. The first-order valence-electron chi connectivity index (χ1n) is 7.21. The molecule has 3 rings (SSSR count). The van der Waals surface area contributed by atoms with Crippen molar-refractivity contribution in [1.29, 1.82) is 0 Å². The van der Waals surface area contributed by atoms with Gasteiger partial charge in [-0.2, -0.15) is 18.2 Å². The SMILES string of the molecule is FC(F)(F)c1cnc(Nc2ccccc2)nc1Nc1cccc(Cl)c1. The van der Waals surface area contributed by atoms with Crippen LogP contribution in [0.3, 0.4) is 0 Å². The molecule has 0 aliphatic rings. The van der Waals surface area contributed by atoms with Gasteiger partial charge in [0.05, 0.1) is 0 Å². The highest BCUT2D eigenvalue weighted by Crippen LogP contribution is 2.35. The molecule has 0 aliphatic heterocycles. The molecule has 8 heteroatoms. The summed E-state index contributed by atoms with van der Waals surface area (Å²) in [5, 5.41) is 5.91. The lowest BCUT2D eigenvalue weighted by Gasteiger charge is -2.15. The van der Waals surface area contributed by atoms with Crippen LogP contribution >= 0.6 is 11.6 Å². The summed E-state index contributed by atoms with van der Waals surface area (Å²) in [6, 6.07) is 15.3. The highest BCUT2D eigenvalue weighted by molar-refractivity contribution is 6.30. The van der Waals surface area contributed by atoms with E-state index in [4.69, 9.17) is 11.6 Å². The Labute approximate surface area is 146 Å². The molecule has 3 aromatic rings. The van der Waals surface area contributed by atoms with E-state index in [9.17, 15) is 13.2 Å². The number of nitrogens with zero attached hydrogens (tertiary/aromatic N) is 2. The second-order valence-corrected chi connectivity index (χ2v) is 5.52. The highest BCUT2D eigenvalue weighted by Gasteiger charge is 2.35. The van der Waals surface area contributed by atoms with Crippen LogP contribution in [0.15, 0.2) is 60.8 Å². The molecule has 25 heavy (non-hydrogen) atoms. The van der Waals surface area contributed by atoms with Crippen LogP contribution in [-0.4, -0.2) is 9.97 Å². The summed E-state index contributed by atoms with van der Waals surface area (Å²) in [7, 11) is 0. The van der Waals surface area contributed by atoms with Gasteiger partial charge in [-0.1, -0.05) is 35.9 Å². The summed E-state index contributed by atoms with van der Waals surface area (Å²) in [6.45, 7) is 0. The van der Waals surface area contributed by atoms with E-state index in [1.807, 2.05) is 6.07 Å². The van der Waals surface area contributed by atoms with E-state index in [-0.39, 0.29) is 11.8 Å². The molecule has 0 amide bonds. The number of para-hydroxylation sites is 1. The molecule has 0 fully saturated rings. The molecule has 1 heterocycles. The minimum Gasteiger partial charge on any atom is -0.340 e. The number of nitrogens with one attached hydrogen (secondary N) is 2. The van der Waals surface area contributed by atoms with Crippen molar-refractivity contribution in [2.75, 3.05) is 10.6 Å².